The van der Waals surface area contributed by atoms with E-state index in [1.165, 1.54) is 0 Å². The summed E-state index contributed by atoms with van der Waals surface area (Å²) < 4.78 is 6.08. The third-order valence-corrected chi connectivity index (χ3v) is 4.10. The SMILES string of the molecule is CNC(C)CC(C)C(C)(C)OCCC(C)(C)NC(C)=O. The molecule has 2 unspecified atom stereocenters. The molecule has 0 spiro atoms. The standard InChI is InChI=1S/C16H34N2O2/c1-12(11-13(2)17-8)16(6,7)20-10-9-15(4,5)18-14(3)19/h12-13,17H,9-11H2,1-8H3,(H,18,19). The summed E-state index contributed by atoms with van der Waals surface area (Å²) in [7, 11) is 1.99. The Balaban J connectivity index is 4.24. The maximum absolute atomic E-state index is 11.1. The zero-order valence-electron chi connectivity index (χ0n) is 14.6. The van der Waals surface area contributed by atoms with E-state index in [4.69, 9.17) is 4.74 Å². The van der Waals surface area contributed by atoms with Gasteiger partial charge < -0.3 is 15.4 Å². The maximum Gasteiger partial charge on any atom is 0.217 e. The van der Waals surface area contributed by atoms with Crippen molar-refractivity contribution in [2.75, 3.05) is 13.7 Å². The molecule has 20 heavy (non-hydrogen) atoms. The second-order valence-electron chi connectivity index (χ2n) is 7.09. The van der Waals surface area contributed by atoms with Gasteiger partial charge in [-0.2, -0.15) is 0 Å². The average molecular weight is 286 g/mol. The van der Waals surface area contributed by atoms with E-state index in [9.17, 15) is 4.79 Å². The molecule has 2 N–H and O–H groups in total. The second-order valence-corrected chi connectivity index (χ2v) is 7.09. The van der Waals surface area contributed by atoms with Crippen LogP contribution in [-0.4, -0.2) is 36.7 Å². The zero-order chi connectivity index (χ0) is 16.0. The van der Waals surface area contributed by atoms with Gasteiger partial charge in [0, 0.05) is 25.1 Å². The van der Waals surface area contributed by atoms with Crippen LogP contribution in [0, 0.1) is 5.92 Å². The first kappa shape index (κ1) is 19.4. The summed E-state index contributed by atoms with van der Waals surface area (Å²) in [6, 6.07) is 0.490. The van der Waals surface area contributed by atoms with E-state index >= 15 is 0 Å². The van der Waals surface area contributed by atoms with E-state index in [2.05, 4.69) is 38.3 Å². The molecule has 120 valence electrons. The summed E-state index contributed by atoms with van der Waals surface area (Å²) in [4.78, 5) is 11.1. The van der Waals surface area contributed by atoms with Crippen LogP contribution in [0.3, 0.4) is 0 Å². The lowest BCUT2D eigenvalue weighted by molar-refractivity contribution is -0.121. The van der Waals surface area contributed by atoms with Gasteiger partial charge in [0.05, 0.1) is 5.60 Å². The minimum atomic E-state index is -0.219. The van der Waals surface area contributed by atoms with E-state index in [0.29, 0.717) is 18.6 Å². The monoisotopic (exact) mass is 286 g/mol. The Morgan fingerprint density at radius 1 is 1.20 bits per heavy atom. The van der Waals surface area contributed by atoms with Crippen molar-refractivity contribution in [1.82, 2.24) is 10.6 Å². The molecule has 4 nitrogen and oxygen atoms in total. The molecule has 0 rings (SSSR count). The number of hydrogen-bond donors (Lipinski definition) is 2. The number of hydrogen-bond acceptors (Lipinski definition) is 3. The zero-order valence-corrected chi connectivity index (χ0v) is 14.6. The number of ether oxygens (including phenoxy) is 1. The molecule has 0 aliphatic carbocycles. The van der Waals surface area contributed by atoms with Crippen LogP contribution in [0.1, 0.15) is 61.3 Å². The number of amides is 1. The summed E-state index contributed by atoms with van der Waals surface area (Å²) in [5.74, 6) is 0.472. The van der Waals surface area contributed by atoms with Crippen LogP contribution in [0.2, 0.25) is 0 Å². The minimum Gasteiger partial charge on any atom is -0.375 e. The van der Waals surface area contributed by atoms with Crippen LogP contribution >= 0.6 is 0 Å². The molecule has 0 saturated heterocycles. The first-order valence-corrected chi connectivity index (χ1v) is 7.60. The van der Waals surface area contributed by atoms with Gasteiger partial charge in [-0.15, -0.1) is 0 Å². The summed E-state index contributed by atoms with van der Waals surface area (Å²) in [6.45, 7) is 15.0. The van der Waals surface area contributed by atoms with Gasteiger partial charge in [-0.1, -0.05) is 6.92 Å². The Morgan fingerprint density at radius 3 is 2.20 bits per heavy atom. The predicted octanol–water partition coefficient (Wildman–Crippen LogP) is 2.72. The van der Waals surface area contributed by atoms with Crippen molar-refractivity contribution in [2.24, 2.45) is 5.92 Å². The Kier molecular flexibility index (Phi) is 7.74. The number of carbonyl (C=O) groups excluding carboxylic acids is 1. The highest BCUT2D eigenvalue weighted by molar-refractivity contribution is 5.73. The quantitative estimate of drug-likeness (QED) is 0.685. The topological polar surface area (TPSA) is 50.4 Å². The van der Waals surface area contributed by atoms with Crippen LogP contribution in [-0.2, 0) is 9.53 Å². The van der Waals surface area contributed by atoms with Crippen molar-refractivity contribution in [3.8, 4) is 0 Å². The smallest absolute Gasteiger partial charge is 0.217 e. The molecular formula is C16H34N2O2. The lowest BCUT2D eigenvalue weighted by Gasteiger charge is -2.35. The van der Waals surface area contributed by atoms with Crippen LogP contribution in [0.25, 0.3) is 0 Å². The van der Waals surface area contributed by atoms with Gasteiger partial charge in [-0.3, -0.25) is 4.79 Å². The van der Waals surface area contributed by atoms with Crippen LogP contribution in [0.4, 0.5) is 0 Å². The van der Waals surface area contributed by atoms with Gasteiger partial charge >= 0.3 is 0 Å². The fraction of sp³-hybridized carbons (Fsp3) is 0.938. The van der Waals surface area contributed by atoms with E-state index in [0.717, 1.165) is 12.8 Å². The van der Waals surface area contributed by atoms with Crippen LogP contribution < -0.4 is 10.6 Å². The Morgan fingerprint density at radius 2 is 1.75 bits per heavy atom. The van der Waals surface area contributed by atoms with Gasteiger partial charge in [-0.25, -0.2) is 0 Å². The van der Waals surface area contributed by atoms with Crippen molar-refractivity contribution in [2.45, 2.75) is 78.5 Å². The van der Waals surface area contributed by atoms with E-state index in [-0.39, 0.29) is 17.0 Å². The van der Waals surface area contributed by atoms with Crippen molar-refractivity contribution in [3.63, 3.8) is 0 Å². The number of carbonyl (C=O) groups is 1. The van der Waals surface area contributed by atoms with E-state index in [1.54, 1.807) is 6.92 Å². The van der Waals surface area contributed by atoms with Gasteiger partial charge in [-0.05, 0) is 60.4 Å². The molecule has 1 amide bonds. The minimum absolute atomic E-state index is 0.00507. The number of rotatable bonds is 9. The van der Waals surface area contributed by atoms with Crippen molar-refractivity contribution in [3.05, 3.63) is 0 Å². The molecule has 0 fully saturated rings. The van der Waals surface area contributed by atoms with Gasteiger partial charge in [0.1, 0.15) is 0 Å². The van der Waals surface area contributed by atoms with E-state index in [1.807, 2.05) is 20.9 Å². The molecule has 4 heteroatoms. The Labute approximate surface area is 125 Å². The lowest BCUT2D eigenvalue weighted by Crippen LogP contribution is -2.44. The largest absolute Gasteiger partial charge is 0.375 e. The molecule has 2 atom stereocenters. The van der Waals surface area contributed by atoms with Crippen LogP contribution in [0.15, 0.2) is 0 Å². The Hall–Kier alpha value is -0.610. The molecule has 0 saturated carbocycles. The van der Waals surface area contributed by atoms with E-state index < -0.39 is 0 Å². The average Bonchev–Trinajstić information content (AvgIpc) is 2.26. The fourth-order valence-corrected chi connectivity index (χ4v) is 2.18. The highest BCUT2D eigenvalue weighted by Crippen LogP contribution is 2.26. The van der Waals surface area contributed by atoms with Crippen LogP contribution in [0.5, 0.6) is 0 Å². The second kappa shape index (κ2) is 7.99. The van der Waals surface area contributed by atoms with Crippen molar-refractivity contribution in [1.29, 1.82) is 0 Å². The van der Waals surface area contributed by atoms with Gasteiger partial charge in [0.2, 0.25) is 5.91 Å². The first-order valence-electron chi connectivity index (χ1n) is 7.60. The third kappa shape index (κ3) is 7.85. The van der Waals surface area contributed by atoms with Gasteiger partial charge in [0.15, 0.2) is 0 Å². The molecular weight excluding hydrogens is 252 g/mol. The molecule has 0 radical (unpaired) electrons. The highest BCUT2D eigenvalue weighted by atomic mass is 16.5. The molecule has 0 aliphatic rings. The molecule has 0 aromatic rings. The summed E-state index contributed by atoms with van der Waals surface area (Å²) in [5, 5.41) is 6.21. The normalized spacial score (nSPS) is 15.8. The summed E-state index contributed by atoms with van der Waals surface area (Å²) >= 11 is 0. The van der Waals surface area contributed by atoms with Crippen molar-refractivity contribution < 1.29 is 9.53 Å². The highest BCUT2D eigenvalue weighted by Gasteiger charge is 2.28. The lowest BCUT2D eigenvalue weighted by atomic mass is 9.87. The van der Waals surface area contributed by atoms with Gasteiger partial charge in [0.25, 0.3) is 0 Å². The first-order chi connectivity index (χ1) is 9.00. The van der Waals surface area contributed by atoms with Crippen molar-refractivity contribution >= 4 is 5.91 Å². The molecule has 0 aliphatic heterocycles. The molecule has 0 aromatic carbocycles. The third-order valence-electron chi connectivity index (χ3n) is 4.10. The number of nitrogens with one attached hydrogen (secondary N) is 2. The fourth-order valence-electron chi connectivity index (χ4n) is 2.18. The Bertz CT molecular complexity index is 301. The summed E-state index contributed by atoms with van der Waals surface area (Å²) in [5.41, 5.74) is -0.374. The predicted molar refractivity (Wildman–Crippen MR) is 84.8 cm³/mol. The molecule has 0 aromatic heterocycles. The molecule has 0 bridgehead atoms. The summed E-state index contributed by atoms with van der Waals surface area (Å²) in [6.07, 6.45) is 1.89. The molecule has 0 heterocycles. The maximum atomic E-state index is 11.1.